The average molecular weight is 585 g/mol. The van der Waals surface area contributed by atoms with Crippen molar-refractivity contribution in [3.05, 3.63) is 0 Å². The van der Waals surface area contributed by atoms with Crippen molar-refractivity contribution < 1.29 is 24.1 Å². The highest BCUT2D eigenvalue weighted by molar-refractivity contribution is 7.84. The number of hydrogen-bond acceptors (Lipinski definition) is 6. The largest absolute Gasteiger partial charge is 0.360 e. The van der Waals surface area contributed by atoms with E-state index in [1.165, 1.54) is 77.0 Å². The predicted octanol–water partition coefficient (Wildman–Crippen LogP) is 7.67. The van der Waals surface area contributed by atoms with E-state index in [1.54, 1.807) is 0 Å². The molecule has 40 heavy (non-hydrogen) atoms. The third kappa shape index (κ3) is 23.5. The van der Waals surface area contributed by atoms with Gasteiger partial charge < -0.3 is 15.1 Å². The molecule has 0 aliphatic heterocycles. The zero-order valence-electron chi connectivity index (χ0n) is 26.3. The second kappa shape index (κ2) is 26.7. The monoisotopic (exact) mass is 584 g/mol. The van der Waals surface area contributed by atoms with Gasteiger partial charge in [-0.3, -0.25) is 19.2 Å². The maximum Gasteiger partial charge on any atom is 0.220 e. The Morgan fingerprint density at radius 1 is 0.625 bits per heavy atom. The second-order valence-electron chi connectivity index (χ2n) is 11.7. The maximum absolute atomic E-state index is 12.6. The summed E-state index contributed by atoms with van der Waals surface area (Å²) in [7, 11) is 1.39. The molecular weight excluding hydrogens is 523 g/mol. The van der Waals surface area contributed by atoms with Crippen LogP contribution in [0.5, 0.6) is 0 Å². The lowest BCUT2D eigenvalue weighted by Gasteiger charge is -2.19. The number of ketones is 1. The van der Waals surface area contributed by atoms with Gasteiger partial charge in [0, 0.05) is 38.1 Å². The summed E-state index contributed by atoms with van der Waals surface area (Å²) >= 11 is 0. The van der Waals surface area contributed by atoms with Crippen molar-refractivity contribution >= 4 is 30.9 Å². The fourth-order valence-electron chi connectivity index (χ4n) is 4.86. The molecule has 8 heteroatoms. The summed E-state index contributed by atoms with van der Waals surface area (Å²) in [5, 5.41) is 2.79. The molecule has 0 fully saturated rings. The molecule has 0 aromatic heterocycles. The first-order valence-corrected chi connectivity index (χ1v) is 17.5. The number of rotatable bonds is 29. The topological polar surface area (TPSA) is 104 Å². The minimum absolute atomic E-state index is 0.0175. The first kappa shape index (κ1) is 38.8. The number of hydrogen-bond donors (Lipinski definition) is 2. The molecule has 0 aliphatic carbocycles. The van der Waals surface area contributed by atoms with Gasteiger partial charge in [-0.2, -0.15) is 0 Å². The van der Waals surface area contributed by atoms with Crippen LogP contribution in [0.2, 0.25) is 0 Å². The van der Waals surface area contributed by atoms with Crippen molar-refractivity contribution in [2.24, 2.45) is 0 Å². The van der Waals surface area contributed by atoms with Gasteiger partial charge in [0.05, 0.1) is 0 Å². The van der Waals surface area contributed by atoms with Gasteiger partial charge in [-0.15, -0.1) is 0 Å². The summed E-state index contributed by atoms with van der Waals surface area (Å²) in [5.41, 5.74) is -1.00. The van der Waals surface area contributed by atoms with E-state index in [9.17, 15) is 24.1 Å². The third-order valence-corrected chi connectivity index (χ3v) is 8.62. The number of unbranched alkanes of at least 4 members (excludes halogenated alkanes) is 14. The van der Waals surface area contributed by atoms with Crippen molar-refractivity contribution in [2.75, 3.05) is 20.6 Å². The van der Waals surface area contributed by atoms with Crippen LogP contribution in [-0.2, 0) is 19.2 Å². The van der Waals surface area contributed by atoms with Gasteiger partial charge in [0.2, 0.25) is 5.91 Å². The van der Waals surface area contributed by atoms with E-state index < -0.39 is 25.2 Å². The van der Waals surface area contributed by atoms with Gasteiger partial charge in [-0.25, -0.2) is 0 Å². The maximum atomic E-state index is 12.6. The lowest BCUT2D eigenvalue weighted by molar-refractivity contribution is -0.123. The van der Waals surface area contributed by atoms with Crippen molar-refractivity contribution in [1.29, 1.82) is 0 Å². The number of nitrogens with zero attached hydrogens (tertiary/aromatic N) is 1. The van der Waals surface area contributed by atoms with Crippen LogP contribution in [0.4, 0.5) is 0 Å². The van der Waals surface area contributed by atoms with Crippen molar-refractivity contribution in [3.63, 3.8) is 0 Å². The molecule has 0 bridgehead atoms. The molecule has 2 N–H and O–H groups in total. The number of carbonyl (C=O) groups excluding carboxylic acids is 4. The number of Topliss-reactive ketones (excluding diaryl/α,β-unsaturated/α-hetero) is 1. The second-order valence-corrected chi connectivity index (χ2v) is 13.3. The molecule has 0 aliphatic rings. The molecule has 234 valence electrons. The SMILES string of the molecule is CCCCCCCCCCCCCCCCCC(=O)CC(CC(=O)P(O)C(=O)CCCN(C)C)NC(=O)CCC. The Balaban J connectivity index is 4.20. The predicted molar refractivity (Wildman–Crippen MR) is 168 cm³/mol. The third-order valence-electron chi connectivity index (χ3n) is 7.26. The molecule has 2 atom stereocenters. The molecule has 0 saturated heterocycles. The minimum atomic E-state index is -2.41. The summed E-state index contributed by atoms with van der Waals surface area (Å²) in [5.74, 6) is -0.191. The highest BCUT2D eigenvalue weighted by Gasteiger charge is 2.28. The smallest absolute Gasteiger partial charge is 0.220 e. The summed E-state index contributed by atoms with van der Waals surface area (Å²) in [4.78, 5) is 61.9. The Hall–Kier alpha value is -1.17. The zero-order valence-corrected chi connectivity index (χ0v) is 27.2. The van der Waals surface area contributed by atoms with Crippen LogP contribution in [0.3, 0.4) is 0 Å². The van der Waals surface area contributed by atoms with Gasteiger partial charge >= 0.3 is 0 Å². The van der Waals surface area contributed by atoms with E-state index in [4.69, 9.17) is 0 Å². The summed E-state index contributed by atoms with van der Waals surface area (Å²) in [6.45, 7) is 4.85. The minimum Gasteiger partial charge on any atom is -0.360 e. The molecule has 0 saturated carbocycles. The first-order chi connectivity index (χ1) is 19.2. The molecule has 0 aromatic rings. The van der Waals surface area contributed by atoms with Gasteiger partial charge in [0.25, 0.3) is 0 Å². The van der Waals surface area contributed by atoms with E-state index in [-0.39, 0.29) is 31.0 Å². The molecule has 2 unspecified atom stereocenters. The van der Waals surface area contributed by atoms with Crippen LogP contribution in [0.25, 0.3) is 0 Å². The average Bonchev–Trinajstić information content (AvgIpc) is 2.90. The normalized spacial score (nSPS) is 12.8. The molecule has 0 radical (unpaired) electrons. The molecule has 1 amide bonds. The Morgan fingerprint density at radius 2 is 1.12 bits per heavy atom. The van der Waals surface area contributed by atoms with Crippen LogP contribution in [-0.4, -0.2) is 59.2 Å². The highest BCUT2D eigenvalue weighted by Crippen LogP contribution is 2.36. The number of amides is 1. The molecule has 0 rings (SSSR count). The van der Waals surface area contributed by atoms with E-state index in [0.29, 0.717) is 32.2 Å². The van der Waals surface area contributed by atoms with E-state index >= 15 is 0 Å². The van der Waals surface area contributed by atoms with Crippen LogP contribution >= 0.6 is 8.15 Å². The molecule has 7 nitrogen and oxygen atoms in total. The summed E-state index contributed by atoms with van der Waals surface area (Å²) in [6, 6.07) is -0.665. The van der Waals surface area contributed by atoms with Gasteiger partial charge in [-0.05, 0) is 39.9 Å². The lowest BCUT2D eigenvalue weighted by atomic mass is 10.0. The summed E-state index contributed by atoms with van der Waals surface area (Å²) < 4.78 is 0. The van der Waals surface area contributed by atoms with Gasteiger partial charge in [0.15, 0.2) is 19.2 Å². The molecule has 0 aromatic carbocycles. The van der Waals surface area contributed by atoms with Crippen LogP contribution in [0.15, 0.2) is 0 Å². The van der Waals surface area contributed by atoms with Crippen molar-refractivity contribution in [1.82, 2.24) is 10.2 Å². The Morgan fingerprint density at radius 3 is 1.60 bits per heavy atom. The van der Waals surface area contributed by atoms with Crippen LogP contribution in [0, 0.1) is 0 Å². The molecule has 0 spiro atoms. The lowest BCUT2D eigenvalue weighted by Crippen LogP contribution is -2.38. The van der Waals surface area contributed by atoms with Crippen LogP contribution in [0.1, 0.15) is 155 Å². The van der Waals surface area contributed by atoms with Crippen molar-refractivity contribution in [2.45, 2.75) is 161 Å². The van der Waals surface area contributed by atoms with E-state index in [1.807, 2.05) is 25.9 Å². The molecular formula is C32H61N2O5P. The van der Waals surface area contributed by atoms with E-state index in [0.717, 1.165) is 19.3 Å². The fraction of sp³-hybridized carbons (Fsp3) is 0.875. The van der Waals surface area contributed by atoms with Gasteiger partial charge in [-0.1, -0.05) is 104 Å². The summed E-state index contributed by atoms with van der Waals surface area (Å²) in [6.07, 6.45) is 21.0. The fourth-order valence-corrected chi connectivity index (χ4v) is 5.90. The molecule has 0 heterocycles. The Labute approximate surface area is 246 Å². The number of nitrogens with one attached hydrogen (secondary N) is 1. The highest BCUT2D eigenvalue weighted by atomic mass is 31.1. The van der Waals surface area contributed by atoms with E-state index in [2.05, 4.69) is 12.2 Å². The number of carbonyl (C=O) groups is 4. The van der Waals surface area contributed by atoms with Crippen LogP contribution < -0.4 is 5.32 Å². The van der Waals surface area contributed by atoms with Crippen molar-refractivity contribution in [3.8, 4) is 0 Å². The Bertz CT molecular complexity index is 686. The quantitative estimate of drug-likeness (QED) is 0.0691. The standard InChI is InChI=1S/C32H61N2O5P/c1-5-7-8-9-10-11-12-13-14-15-16-17-18-19-20-23-29(35)26-28(33-30(36)22-6-2)27-32(38)40(39)31(37)24-21-25-34(3)4/h28,39H,5-27H2,1-4H3,(H,33,36). The zero-order chi connectivity index (χ0) is 30.0. The Kier molecular flexibility index (Phi) is 25.9. The first-order valence-electron chi connectivity index (χ1n) is 16.2. The van der Waals surface area contributed by atoms with Gasteiger partial charge in [0.1, 0.15) is 5.78 Å².